The molecular weight excluding hydrogens is 348 g/mol. The van der Waals surface area contributed by atoms with Crippen molar-refractivity contribution in [3.63, 3.8) is 0 Å². The first-order valence-corrected chi connectivity index (χ1v) is 9.78. The number of allylic oxidation sites excluding steroid dienone is 5. The second kappa shape index (κ2) is 17.1. The molecule has 0 aromatic carbocycles. The summed E-state index contributed by atoms with van der Waals surface area (Å²) >= 11 is 0. The van der Waals surface area contributed by atoms with Crippen LogP contribution in [0.5, 0.6) is 0 Å². The summed E-state index contributed by atoms with van der Waals surface area (Å²) in [7, 11) is 0. The van der Waals surface area contributed by atoms with Crippen LogP contribution in [0.1, 0.15) is 84.0 Å². The maximum Gasteiger partial charge on any atom is 0.246 e. The number of rotatable bonds is 17. The molecule has 0 atom stereocenters. The minimum Gasteiger partial charge on any atom is -0.303 e. The molecule has 0 saturated carbocycles. The molecule has 0 heterocycles. The highest BCUT2D eigenvalue weighted by molar-refractivity contribution is 5.49. The minimum absolute atomic E-state index is 0.0858. The van der Waals surface area contributed by atoms with E-state index in [2.05, 4.69) is 6.92 Å². The van der Waals surface area contributed by atoms with Gasteiger partial charge >= 0.3 is 0 Å². The molecule has 0 aliphatic rings. The highest BCUT2D eigenvalue weighted by Gasteiger charge is 2.09. The van der Waals surface area contributed by atoms with Crippen LogP contribution >= 0.6 is 0 Å². The smallest absolute Gasteiger partial charge is 0.246 e. The molecule has 0 rings (SSSR count). The van der Waals surface area contributed by atoms with Crippen molar-refractivity contribution in [2.75, 3.05) is 0 Å². The molecule has 0 unspecified atom stereocenters. The Balaban J connectivity index is 4.34. The monoisotopic (exact) mass is 380 g/mol. The van der Waals surface area contributed by atoms with Gasteiger partial charge in [-0.3, -0.25) is 20.2 Å². The van der Waals surface area contributed by atoms with E-state index in [4.69, 9.17) is 0 Å². The first-order valence-electron chi connectivity index (χ1n) is 9.78. The Bertz CT molecular complexity index is 538. The van der Waals surface area contributed by atoms with Crippen LogP contribution in [0.15, 0.2) is 35.7 Å². The Morgan fingerprint density at radius 1 is 0.815 bits per heavy atom. The van der Waals surface area contributed by atoms with Gasteiger partial charge in [0.25, 0.3) is 0 Å². The standard InChI is InChI=1S/C20H32N2O5/c1-2-3-4-5-6-9-14-19(21(24)25)15-10-7-11-16-20(22(26)27)17-12-8-13-18-23/h7,11,15,17-18H,2-6,8-10,12-14,16H2,1H3/b11-7+,19-15-,20-17-. The summed E-state index contributed by atoms with van der Waals surface area (Å²) in [6.45, 7) is 2.15. The normalized spacial score (nSPS) is 12.5. The van der Waals surface area contributed by atoms with Crippen molar-refractivity contribution in [1.82, 2.24) is 0 Å². The third-order valence-corrected chi connectivity index (χ3v) is 4.14. The lowest BCUT2D eigenvalue weighted by molar-refractivity contribution is -0.428. The molecular formula is C20H32N2O5. The fourth-order valence-corrected chi connectivity index (χ4v) is 2.56. The van der Waals surface area contributed by atoms with Gasteiger partial charge in [-0.1, -0.05) is 51.2 Å². The number of nitrogens with zero attached hydrogens (tertiary/aromatic N) is 2. The third-order valence-electron chi connectivity index (χ3n) is 4.14. The maximum absolute atomic E-state index is 11.1. The second-order valence-electron chi connectivity index (χ2n) is 6.43. The van der Waals surface area contributed by atoms with Gasteiger partial charge in [0.05, 0.1) is 16.3 Å². The summed E-state index contributed by atoms with van der Waals surface area (Å²) in [5.41, 5.74) is 0.303. The zero-order chi connectivity index (χ0) is 20.3. The Labute approximate surface area is 161 Å². The molecule has 0 fully saturated rings. The van der Waals surface area contributed by atoms with E-state index in [1.807, 2.05) is 0 Å². The third kappa shape index (κ3) is 14.5. The van der Waals surface area contributed by atoms with Crippen molar-refractivity contribution in [2.24, 2.45) is 0 Å². The lowest BCUT2D eigenvalue weighted by Gasteiger charge is -2.00. The average molecular weight is 380 g/mol. The van der Waals surface area contributed by atoms with Gasteiger partial charge in [-0.05, 0) is 37.8 Å². The predicted octanol–water partition coefficient (Wildman–Crippen LogP) is 5.76. The van der Waals surface area contributed by atoms with Crippen LogP contribution in [0.25, 0.3) is 0 Å². The fourth-order valence-electron chi connectivity index (χ4n) is 2.56. The lowest BCUT2D eigenvalue weighted by Crippen LogP contribution is -1.99. The SMILES string of the molecule is CCCCCCCC/C(=C/C/C=C/C/C(=C/CCCC=O)[N+](=O)[O-])[N+](=O)[O-]. The van der Waals surface area contributed by atoms with Crippen LogP contribution in [-0.4, -0.2) is 16.1 Å². The van der Waals surface area contributed by atoms with E-state index in [0.29, 0.717) is 32.1 Å². The van der Waals surface area contributed by atoms with Gasteiger partial charge in [0.15, 0.2) is 0 Å². The molecule has 0 radical (unpaired) electrons. The van der Waals surface area contributed by atoms with Crippen LogP contribution in [0.2, 0.25) is 0 Å². The molecule has 27 heavy (non-hydrogen) atoms. The van der Waals surface area contributed by atoms with Crippen LogP contribution in [0.4, 0.5) is 0 Å². The lowest BCUT2D eigenvalue weighted by atomic mass is 10.1. The molecule has 0 amide bonds. The van der Waals surface area contributed by atoms with Crippen molar-refractivity contribution < 1.29 is 14.6 Å². The van der Waals surface area contributed by atoms with E-state index >= 15 is 0 Å². The predicted molar refractivity (Wildman–Crippen MR) is 106 cm³/mol. The zero-order valence-corrected chi connectivity index (χ0v) is 16.3. The summed E-state index contributed by atoms with van der Waals surface area (Å²) in [5.74, 6) is 0. The van der Waals surface area contributed by atoms with E-state index in [1.54, 1.807) is 18.2 Å². The first-order chi connectivity index (χ1) is 13.0. The summed E-state index contributed by atoms with van der Waals surface area (Å²) in [5, 5.41) is 22.1. The second-order valence-corrected chi connectivity index (χ2v) is 6.43. The average Bonchev–Trinajstić information content (AvgIpc) is 2.63. The zero-order valence-electron chi connectivity index (χ0n) is 16.3. The topological polar surface area (TPSA) is 103 Å². The Kier molecular flexibility index (Phi) is 15.7. The first kappa shape index (κ1) is 24.7. The Morgan fingerprint density at radius 2 is 1.48 bits per heavy atom. The molecule has 0 aliphatic carbocycles. The minimum atomic E-state index is -0.428. The molecule has 0 N–H and O–H groups in total. The molecule has 0 aromatic rings. The summed E-state index contributed by atoms with van der Waals surface area (Å²) < 4.78 is 0. The molecule has 7 nitrogen and oxygen atoms in total. The van der Waals surface area contributed by atoms with Crippen molar-refractivity contribution in [3.8, 4) is 0 Å². The Hall–Kier alpha value is -2.31. The number of hydrogen-bond acceptors (Lipinski definition) is 5. The van der Waals surface area contributed by atoms with E-state index < -0.39 is 4.92 Å². The van der Waals surface area contributed by atoms with Gasteiger partial charge < -0.3 is 4.79 Å². The highest BCUT2D eigenvalue weighted by atomic mass is 16.6. The van der Waals surface area contributed by atoms with Gasteiger partial charge in [0.2, 0.25) is 11.4 Å². The fraction of sp³-hybridized carbons (Fsp3) is 0.650. The molecule has 0 bridgehead atoms. The van der Waals surface area contributed by atoms with E-state index in [0.717, 1.165) is 25.5 Å². The highest BCUT2D eigenvalue weighted by Crippen LogP contribution is 2.13. The van der Waals surface area contributed by atoms with Gasteiger partial charge in [-0.15, -0.1) is 0 Å². The van der Waals surface area contributed by atoms with Crippen LogP contribution in [0, 0.1) is 20.2 Å². The maximum atomic E-state index is 11.1. The van der Waals surface area contributed by atoms with Crippen LogP contribution in [-0.2, 0) is 4.79 Å². The number of hydrogen-bond donors (Lipinski definition) is 0. The van der Waals surface area contributed by atoms with E-state index in [1.165, 1.54) is 25.3 Å². The molecule has 7 heteroatoms. The number of unbranched alkanes of at least 4 members (excludes halogenated alkanes) is 7. The van der Waals surface area contributed by atoms with Gasteiger partial charge in [0, 0.05) is 12.8 Å². The molecule has 152 valence electrons. The van der Waals surface area contributed by atoms with Gasteiger partial charge in [0.1, 0.15) is 6.29 Å². The van der Waals surface area contributed by atoms with E-state index in [9.17, 15) is 25.0 Å². The molecule has 0 aromatic heterocycles. The number of aldehydes is 1. The van der Waals surface area contributed by atoms with Crippen molar-refractivity contribution in [1.29, 1.82) is 0 Å². The van der Waals surface area contributed by atoms with Crippen LogP contribution < -0.4 is 0 Å². The van der Waals surface area contributed by atoms with Crippen molar-refractivity contribution in [3.05, 3.63) is 55.9 Å². The number of nitro groups is 2. The van der Waals surface area contributed by atoms with Crippen molar-refractivity contribution in [2.45, 2.75) is 84.0 Å². The van der Waals surface area contributed by atoms with Gasteiger partial charge in [-0.25, -0.2) is 0 Å². The molecule has 0 aliphatic heterocycles. The summed E-state index contributed by atoms with van der Waals surface area (Å²) in [6.07, 6.45) is 16.3. The molecule has 0 spiro atoms. The van der Waals surface area contributed by atoms with Gasteiger partial charge in [-0.2, -0.15) is 0 Å². The number of carbonyl (C=O) groups is 1. The van der Waals surface area contributed by atoms with Crippen LogP contribution in [0.3, 0.4) is 0 Å². The quantitative estimate of drug-likeness (QED) is 0.105. The molecule has 0 saturated heterocycles. The summed E-state index contributed by atoms with van der Waals surface area (Å²) in [4.78, 5) is 31.5. The van der Waals surface area contributed by atoms with E-state index in [-0.39, 0.29) is 22.7 Å². The number of carbonyl (C=O) groups excluding carboxylic acids is 1. The largest absolute Gasteiger partial charge is 0.303 e. The Morgan fingerprint density at radius 3 is 2.11 bits per heavy atom. The van der Waals surface area contributed by atoms with Crippen molar-refractivity contribution >= 4 is 6.29 Å². The summed E-state index contributed by atoms with van der Waals surface area (Å²) in [6, 6.07) is 0.